The molecule has 5 atom stereocenters. The predicted molar refractivity (Wildman–Crippen MR) is 64.5 cm³/mol. The Morgan fingerprint density at radius 2 is 1.45 bits per heavy atom. The third-order valence-corrected chi connectivity index (χ3v) is 3.58. The van der Waals surface area contributed by atoms with Crippen LogP contribution in [0.2, 0.25) is 0 Å². The van der Waals surface area contributed by atoms with Crippen LogP contribution in [0.4, 0.5) is 0 Å². The molecule has 3 rings (SSSR count). The van der Waals surface area contributed by atoms with Crippen LogP contribution in [-0.4, -0.2) is 55.4 Å². The number of ether oxygens (including phenoxy) is 6. The molecule has 20 heavy (non-hydrogen) atoms. The van der Waals surface area contributed by atoms with Gasteiger partial charge in [-0.1, -0.05) is 0 Å². The number of hydrogen-bond donors (Lipinski definition) is 0. The van der Waals surface area contributed by atoms with Crippen molar-refractivity contribution in [1.29, 1.82) is 0 Å². The molecule has 0 aromatic heterocycles. The maximum Gasteiger partial charge on any atom is 0.340 e. The highest BCUT2D eigenvalue weighted by atomic mass is 16.8. The Morgan fingerprint density at radius 1 is 0.900 bits per heavy atom. The van der Waals surface area contributed by atoms with Crippen molar-refractivity contribution in [1.82, 2.24) is 0 Å². The number of esters is 1. The van der Waals surface area contributed by atoms with Gasteiger partial charge in [-0.25, -0.2) is 4.79 Å². The van der Waals surface area contributed by atoms with E-state index in [2.05, 4.69) is 0 Å². The minimum atomic E-state index is -0.866. The minimum absolute atomic E-state index is 0.492. The summed E-state index contributed by atoms with van der Waals surface area (Å²) in [6.07, 6.45) is -3.30. The molecule has 3 saturated heterocycles. The fraction of sp³-hybridized carbons (Fsp3) is 0.923. The molecule has 0 amide bonds. The summed E-state index contributed by atoms with van der Waals surface area (Å²) in [7, 11) is 1.45. The van der Waals surface area contributed by atoms with Gasteiger partial charge in [0.25, 0.3) is 0 Å². The topological polar surface area (TPSA) is 72.5 Å². The van der Waals surface area contributed by atoms with Crippen LogP contribution in [0.3, 0.4) is 0 Å². The van der Waals surface area contributed by atoms with Gasteiger partial charge in [-0.2, -0.15) is 0 Å². The summed E-state index contributed by atoms with van der Waals surface area (Å²) < 4.78 is 33.6. The van der Waals surface area contributed by atoms with Crippen LogP contribution >= 0.6 is 0 Å². The Hall–Kier alpha value is -0.730. The van der Waals surface area contributed by atoms with E-state index >= 15 is 0 Å². The van der Waals surface area contributed by atoms with Gasteiger partial charge in [0, 0.05) is 7.11 Å². The SMILES string of the molecule is COC1OC(=O)C2OC(C)(C)OC2C2OC(C)(C)OC12. The summed E-state index contributed by atoms with van der Waals surface area (Å²) in [6.45, 7) is 7.09. The number of methoxy groups -OCH3 is 1. The molecule has 0 aromatic carbocycles. The summed E-state index contributed by atoms with van der Waals surface area (Å²) in [4.78, 5) is 12.1. The van der Waals surface area contributed by atoms with Crippen LogP contribution in [0.25, 0.3) is 0 Å². The van der Waals surface area contributed by atoms with Crippen molar-refractivity contribution in [3.8, 4) is 0 Å². The van der Waals surface area contributed by atoms with Gasteiger partial charge in [0.05, 0.1) is 0 Å². The molecule has 0 aromatic rings. The lowest BCUT2D eigenvalue weighted by Crippen LogP contribution is -2.44. The van der Waals surface area contributed by atoms with E-state index in [4.69, 9.17) is 28.4 Å². The van der Waals surface area contributed by atoms with Gasteiger partial charge in [0.2, 0.25) is 6.29 Å². The zero-order valence-corrected chi connectivity index (χ0v) is 12.2. The Morgan fingerprint density at radius 3 is 2.10 bits per heavy atom. The Kier molecular flexibility index (Phi) is 3.11. The molecule has 7 nitrogen and oxygen atoms in total. The summed E-state index contributed by atoms with van der Waals surface area (Å²) >= 11 is 0. The van der Waals surface area contributed by atoms with Crippen molar-refractivity contribution in [2.45, 2.75) is 70.0 Å². The molecule has 0 aliphatic carbocycles. The lowest BCUT2D eigenvalue weighted by atomic mass is 10.0. The van der Waals surface area contributed by atoms with Crippen molar-refractivity contribution in [3.05, 3.63) is 0 Å². The van der Waals surface area contributed by atoms with E-state index in [1.807, 2.05) is 0 Å². The molecule has 0 spiro atoms. The Bertz CT molecular complexity index is 419. The van der Waals surface area contributed by atoms with Gasteiger partial charge >= 0.3 is 5.97 Å². The molecule has 3 fully saturated rings. The molecule has 3 aliphatic rings. The smallest absolute Gasteiger partial charge is 0.340 e. The van der Waals surface area contributed by atoms with Gasteiger partial charge in [0.15, 0.2) is 23.8 Å². The third kappa shape index (κ3) is 2.23. The van der Waals surface area contributed by atoms with Crippen LogP contribution < -0.4 is 0 Å². The highest BCUT2D eigenvalue weighted by Gasteiger charge is 2.61. The van der Waals surface area contributed by atoms with Crippen LogP contribution in [0.1, 0.15) is 27.7 Å². The third-order valence-electron chi connectivity index (χ3n) is 3.58. The van der Waals surface area contributed by atoms with E-state index < -0.39 is 48.2 Å². The minimum Gasteiger partial charge on any atom is -0.431 e. The number of rotatable bonds is 1. The molecule has 7 heteroatoms. The first kappa shape index (κ1) is 14.2. The molecule has 0 radical (unpaired) electrons. The zero-order chi connectivity index (χ0) is 14.7. The second kappa shape index (κ2) is 4.38. The molecule has 114 valence electrons. The second-order valence-electron chi connectivity index (χ2n) is 6.13. The molecule has 3 aliphatic heterocycles. The number of hydrogen-bond acceptors (Lipinski definition) is 7. The quantitative estimate of drug-likeness (QED) is 0.653. The van der Waals surface area contributed by atoms with E-state index in [-0.39, 0.29) is 0 Å². The first-order chi connectivity index (χ1) is 9.22. The van der Waals surface area contributed by atoms with Crippen molar-refractivity contribution in [3.63, 3.8) is 0 Å². The summed E-state index contributed by atoms with van der Waals surface area (Å²) in [5, 5.41) is 0. The van der Waals surface area contributed by atoms with Crippen LogP contribution in [0.5, 0.6) is 0 Å². The Balaban J connectivity index is 1.94. The summed E-state index contributed by atoms with van der Waals surface area (Å²) in [5.74, 6) is -2.18. The van der Waals surface area contributed by atoms with Crippen molar-refractivity contribution in [2.75, 3.05) is 7.11 Å². The summed E-state index contributed by atoms with van der Waals surface area (Å²) in [5.41, 5.74) is 0. The highest BCUT2D eigenvalue weighted by Crippen LogP contribution is 2.42. The first-order valence-electron chi connectivity index (χ1n) is 6.67. The van der Waals surface area contributed by atoms with Gasteiger partial charge in [0.1, 0.15) is 12.2 Å². The molecule has 0 N–H and O–H groups in total. The molecule has 5 unspecified atom stereocenters. The van der Waals surface area contributed by atoms with Gasteiger partial charge in [-0.3, -0.25) is 0 Å². The maximum absolute atomic E-state index is 12.1. The summed E-state index contributed by atoms with van der Waals surface area (Å²) in [6, 6.07) is 0. The number of carbonyl (C=O) groups is 1. The van der Waals surface area contributed by atoms with Gasteiger partial charge in [-0.05, 0) is 27.7 Å². The van der Waals surface area contributed by atoms with Crippen LogP contribution in [0, 0.1) is 0 Å². The first-order valence-corrected chi connectivity index (χ1v) is 6.67. The molecule has 0 saturated carbocycles. The van der Waals surface area contributed by atoms with E-state index in [0.717, 1.165) is 0 Å². The Labute approximate surface area is 117 Å². The maximum atomic E-state index is 12.1. The van der Waals surface area contributed by atoms with Crippen LogP contribution in [0.15, 0.2) is 0 Å². The number of cyclic esters (lactones) is 1. The predicted octanol–water partition coefficient (Wildman–Crippen LogP) is 0.556. The average Bonchev–Trinajstić information content (AvgIpc) is 2.79. The largest absolute Gasteiger partial charge is 0.431 e. The normalized spacial score (nSPS) is 45.5. The zero-order valence-electron chi connectivity index (χ0n) is 12.2. The van der Waals surface area contributed by atoms with E-state index in [1.165, 1.54) is 7.11 Å². The van der Waals surface area contributed by atoms with Crippen molar-refractivity contribution >= 4 is 5.97 Å². The molecular formula is C13H20O7. The van der Waals surface area contributed by atoms with E-state index in [0.29, 0.717) is 0 Å². The fourth-order valence-corrected chi connectivity index (χ4v) is 2.92. The molecule has 3 heterocycles. The van der Waals surface area contributed by atoms with Crippen molar-refractivity contribution < 1.29 is 33.2 Å². The van der Waals surface area contributed by atoms with E-state index in [9.17, 15) is 4.79 Å². The fourth-order valence-electron chi connectivity index (χ4n) is 2.92. The number of carbonyl (C=O) groups excluding carboxylic acids is 1. The van der Waals surface area contributed by atoms with Crippen LogP contribution in [-0.2, 0) is 33.2 Å². The molecule has 0 bridgehead atoms. The monoisotopic (exact) mass is 288 g/mol. The van der Waals surface area contributed by atoms with Gasteiger partial charge in [-0.15, -0.1) is 0 Å². The van der Waals surface area contributed by atoms with E-state index in [1.54, 1.807) is 27.7 Å². The standard InChI is InChI=1S/C13H20O7/c1-12(2)17-6-7-9(20-13(3,4)18-7)11(15-5)16-10(14)8(6)19-12/h6-9,11H,1-5H3. The molecular weight excluding hydrogens is 268 g/mol. The number of fused-ring (bicyclic) bond motifs is 3. The van der Waals surface area contributed by atoms with Gasteiger partial charge < -0.3 is 28.4 Å². The second-order valence-corrected chi connectivity index (χ2v) is 6.13. The lowest BCUT2D eigenvalue weighted by molar-refractivity contribution is -0.221. The van der Waals surface area contributed by atoms with Crippen molar-refractivity contribution in [2.24, 2.45) is 0 Å². The average molecular weight is 288 g/mol. The highest BCUT2D eigenvalue weighted by molar-refractivity contribution is 5.76. The lowest BCUT2D eigenvalue weighted by Gasteiger charge is -2.25.